The summed E-state index contributed by atoms with van der Waals surface area (Å²) in [6, 6.07) is 6.31. The Bertz CT molecular complexity index is 914. The van der Waals surface area contributed by atoms with Crippen molar-refractivity contribution < 1.29 is 0 Å². The molecule has 0 spiro atoms. The lowest BCUT2D eigenvalue weighted by Gasteiger charge is -2.11. The van der Waals surface area contributed by atoms with Crippen LogP contribution in [0.25, 0.3) is 11.2 Å². The third-order valence-electron chi connectivity index (χ3n) is 3.73. The molecule has 0 bridgehead atoms. The standard InChI is InChI=1S/C17H20ClIN6S/c1-10(2)21-6-3-7-25-16-14(15(20)22-9-23-16)24-17(25)26-13-5-4-11(18)8-12(13)19/h4-5,8-10,21H,3,6-7H2,1-2H3,(H2,20,22,23). The Kier molecular flexibility index (Phi) is 6.60. The minimum Gasteiger partial charge on any atom is -0.382 e. The zero-order valence-corrected chi connectivity index (χ0v) is 18.3. The first kappa shape index (κ1) is 19.7. The highest BCUT2D eigenvalue weighted by Gasteiger charge is 2.16. The molecule has 3 aromatic rings. The van der Waals surface area contributed by atoms with E-state index in [9.17, 15) is 0 Å². The van der Waals surface area contributed by atoms with Crippen molar-refractivity contribution in [2.24, 2.45) is 0 Å². The van der Waals surface area contributed by atoms with Crippen molar-refractivity contribution in [3.05, 3.63) is 33.1 Å². The summed E-state index contributed by atoms with van der Waals surface area (Å²) in [5.74, 6) is 0.404. The second kappa shape index (κ2) is 8.73. The molecule has 0 atom stereocenters. The van der Waals surface area contributed by atoms with Gasteiger partial charge in [0.2, 0.25) is 0 Å². The maximum atomic E-state index is 6.07. The molecule has 2 aromatic heterocycles. The number of nitrogen functional groups attached to an aromatic ring is 1. The predicted molar refractivity (Wildman–Crippen MR) is 116 cm³/mol. The minimum atomic E-state index is 0.404. The summed E-state index contributed by atoms with van der Waals surface area (Å²) in [6.07, 6.45) is 2.46. The van der Waals surface area contributed by atoms with Crippen LogP contribution in [-0.2, 0) is 6.54 Å². The second-order valence-corrected chi connectivity index (χ2v) is 8.72. The van der Waals surface area contributed by atoms with Crippen molar-refractivity contribution >= 4 is 62.9 Å². The first-order valence-electron chi connectivity index (χ1n) is 8.28. The molecule has 0 amide bonds. The third-order valence-corrected chi connectivity index (χ3v) is 6.30. The van der Waals surface area contributed by atoms with Gasteiger partial charge in [0.15, 0.2) is 22.1 Å². The van der Waals surface area contributed by atoms with Crippen molar-refractivity contribution in [3.8, 4) is 0 Å². The van der Waals surface area contributed by atoms with Crippen LogP contribution in [0.3, 0.4) is 0 Å². The van der Waals surface area contributed by atoms with Gasteiger partial charge in [0.05, 0.1) is 0 Å². The molecular weight excluding hydrogens is 483 g/mol. The van der Waals surface area contributed by atoms with Crippen molar-refractivity contribution in [1.29, 1.82) is 0 Å². The molecule has 9 heteroatoms. The maximum absolute atomic E-state index is 6.07. The molecule has 0 fully saturated rings. The number of benzene rings is 1. The van der Waals surface area contributed by atoms with Crippen LogP contribution in [0.4, 0.5) is 5.82 Å². The molecule has 0 radical (unpaired) electrons. The summed E-state index contributed by atoms with van der Waals surface area (Å²) in [5.41, 5.74) is 7.43. The molecule has 2 heterocycles. The molecule has 3 N–H and O–H groups in total. The Hall–Kier alpha value is -1.10. The zero-order valence-electron chi connectivity index (χ0n) is 14.5. The number of nitrogens with zero attached hydrogens (tertiary/aromatic N) is 4. The minimum absolute atomic E-state index is 0.404. The molecular formula is C17H20ClIN6S. The largest absolute Gasteiger partial charge is 0.382 e. The number of imidazole rings is 1. The van der Waals surface area contributed by atoms with Crippen LogP contribution in [-0.4, -0.2) is 32.1 Å². The third kappa shape index (κ3) is 4.59. The number of hydrogen-bond acceptors (Lipinski definition) is 6. The molecule has 0 unspecified atom stereocenters. The molecule has 0 aliphatic rings. The van der Waals surface area contributed by atoms with Gasteiger partial charge in [0.1, 0.15) is 6.33 Å². The highest BCUT2D eigenvalue weighted by atomic mass is 127. The summed E-state index contributed by atoms with van der Waals surface area (Å²) in [4.78, 5) is 14.3. The fourth-order valence-electron chi connectivity index (χ4n) is 2.50. The van der Waals surface area contributed by atoms with E-state index < -0.39 is 0 Å². The van der Waals surface area contributed by atoms with E-state index in [1.807, 2.05) is 18.2 Å². The smallest absolute Gasteiger partial charge is 0.175 e. The average molecular weight is 503 g/mol. The Morgan fingerprint density at radius 1 is 1.35 bits per heavy atom. The van der Waals surface area contributed by atoms with Gasteiger partial charge < -0.3 is 15.6 Å². The van der Waals surface area contributed by atoms with E-state index in [0.717, 1.165) is 43.8 Å². The number of nitrogens with one attached hydrogen (secondary N) is 1. The van der Waals surface area contributed by atoms with E-state index in [1.54, 1.807) is 11.8 Å². The number of halogens is 2. The lowest BCUT2D eigenvalue weighted by atomic mass is 10.3. The second-order valence-electron chi connectivity index (χ2n) is 6.12. The SMILES string of the molecule is CC(C)NCCCn1c(Sc2ccc(Cl)cc2I)nc2c(N)ncnc21. The van der Waals surface area contributed by atoms with Crippen LogP contribution < -0.4 is 11.1 Å². The van der Waals surface area contributed by atoms with Gasteiger partial charge in [-0.15, -0.1) is 0 Å². The lowest BCUT2D eigenvalue weighted by molar-refractivity contribution is 0.525. The van der Waals surface area contributed by atoms with Gasteiger partial charge in [-0.1, -0.05) is 37.2 Å². The molecule has 0 saturated heterocycles. The maximum Gasteiger partial charge on any atom is 0.175 e. The molecule has 0 aliphatic carbocycles. The summed E-state index contributed by atoms with van der Waals surface area (Å²) in [7, 11) is 0. The number of nitrogens with two attached hydrogens (primary N) is 1. The van der Waals surface area contributed by atoms with E-state index in [-0.39, 0.29) is 0 Å². The summed E-state index contributed by atoms with van der Waals surface area (Å²) in [6.45, 7) is 6.02. The van der Waals surface area contributed by atoms with Crippen LogP contribution in [0, 0.1) is 3.57 Å². The van der Waals surface area contributed by atoms with Crippen molar-refractivity contribution in [1.82, 2.24) is 24.8 Å². The van der Waals surface area contributed by atoms with E-state index >= 15 is 0 Å². The van der Waals surface area contributed by atoms with E-state index in [2.05, 4.69) is 56.3 Å². The molecule has 3 rings (SSSR count). The van der Waals surface area contributed by atoms with Crippen LogP contribution in [0.2, 0.25) is 5.02 Å². The van der Waals surface area contributed by atoms with Crippen LogP contribution in [0.15, 0.2) is 34.6 Å². The van der Waals surface area contributed by atoms with Gasteiger partial charge in [-0.3, -0.25) is 0 Å². The summed E-state index contributed by atoms with van der Waals surface area (Å²) < 4.78 is 3.20. The highest BCUT2D eigenvalue weighted by Crippen LogP contribution is 2.34. The quantitative estimate of drug-likeness (QED) is 0.372. The van der Waals surface area contributed by atoms with Gasteiger partial charge in [0.25, 0.3) is 0 Å². The van der Waals surface area contributed by atoms with Crippen LogP contribution in [0.1, 0.15) is 20.3 Å². The van der Waals surface area contributed by atoms with Crippen molar-refractivity contribution in [2.75, 3.05) is 12.3 Å². The first-order chi connectivity index (χ1) is 12.5. The van der Waals surface area contributed by atoms with Gasteiger partial charge in [-0.05, 0) is 53.8 Å². The first-order valence-corrected chi connectivity index (χ1v) is 10.6. The fourth-order valence-corrected chi connectivity index (χ4v) is 4.61. The predicted octanol–water partition coefficient (Wildman–Crippen LogP) is 4.21. The molecule has 6 nitrogen and oxygen atoms in total. The molecule has 0 saturated carbocycles. The lowest BCUT2D eigenvalue weighted by Crippen LogP contribution is -2.24. The molecule has 26 heavy (non-hydrogen) atoms. The summed E-state index contributed by atoms with van der Waals surface area (Å²) in [5, 5.41) is 5.02. The molecule has 0 aliphatic heterocycles. The average Bonchev–Trinajstić information content (AvgIpc) is 2.93. The normalized spacial score (nSPS) is 11.6. The van der Waals surface area contributed by atoms with Crippen molar-refractivity contribution in [3.63, 3.8) is 0 Å². The number of hydrogen-bond donors (Lipinski definition) is 2. The number of aryl methyl sites for hydroxylation is 1. The molecule has 138 valence electrons. The number of aromatic nitrogens is 4. The Morgan fingerprint density at radius 2 is 2.15 bits per heavy atom. The van der Waals surface area contributed by atoms with Crippen LogP contribution in [0.5, 0.6) is 0 Å². The molecule has 1 aromatic carbocycles. The Morgan fingerprint density at radius 3 is 2.88 bits per heavy atom. The Labute approximate surface area is 175 Å². The van der Waals surface area contributed by atoms with Gasteiger partial charge in [0, 0.05) is 26.1 Å². The van der Waals surface area contributed by atoms with E-state index in [4.69, 9.17) is 22.3 Å². The topological polar surface area (TPSA) is 81.7 Å². The monoisotopic (exact) mass is 502 g/mol. The van der Waals surface area contributed by atoms with Gasteiger partial charge in [-0.25, -0.2) is 15.0 Å². The van der Waals surface area contributed by atoms with E-state index in [0.29, 0.717) is 17.4 Å². The summed E-state index contributed by atoms with van der Waals surface area (Å²) >= 11 is 9.95. The van der Waals surface area contributed by atoms with E-state index in [1.165, 1.54) is 6.33 Å². The van der Waals surface area contributed by atoms with Gasteiger partial charge >= 0.3 is 0 Å². The zero-order chi connectivity index (χ0) is 18.7. The van der Waals surface area contributed by atoms with Crippen molar-refractivity contribution in [2.45, 2.75) is 42.9 Å². The van der Waals surface area contributed by atoms with Crippen LogP contribution >= 0.6 is 46.0 Å². The number of rotatable bonds is 7. The number of fused-ring (bicyclic) bond motifs is 1. The van der Waals surface area contributed by atoms with Gasteiger partial charge in [-0.2, -0.15) is 0 Å². The Balaban J connectivity index is 1.92. The number of anilines is 1. The fraction of sp³-hybridized carbons (Fsp3) is 0.353. The highest BCUT2D eigenvalue weighted by molar-refractivity contribution is 14.1.